The van der Waals surface area contributed by atoms with Gasteiger partial charge in [0.25, 0.3) is 0 Å². The van der Waals surface area contributed by atoms with Crippen molar-refractivity contribution in [2.75, 3.05) is 5.32 Å². The maximum Gasteiger partial charge on any atom is 0.241 e. The summed E-state index contributed by atoms with van der Waals surface area (Å²) in [7, 11) is 0. The molecule has 0 aliphatic carbocycles. The van der Waals surface area contributed by atoms with Gasteiger partial charge in [-0.3, -0.25) is 4.79 Å². The third kappa shape index (κ3) is 2.04. The van der Waals surface area contributed by atoms with Crippen LogP contribution in [0.4, 0.5) is 5.69 Å². The van der Waals surface area contributed by atoms with Crippen LogP contribution >= 0.6 is 0 Å². The van der Waals surface area contributed by atoms with Crippen LogP contribution < -0.4 is 11.1 Å². The molecule has 5 heteroatoms. The van der Waals surface area contributed by atoms with E-state index in [1.165, 1.54) is 0 Å². The number of hydrogen-bond acceptors (Lipinski definition) is 4. The van der Waals surface area contributed by atoms with Gasteiger partial charge in [-0.25, -0.2) is 4.98 Å². The fraction of sp³-hybridized carbons (Fsp3) is 0.273. The summed E-state index contributed by atoms with van der Waals surface area (Å²) in [6.07, 6.45) is 0. The van der Waals surface area contributed by atoms with Gasteiger partial charge in [0, 0.05) is 18.7 Å². The Labute approximate surface area is 92.6 Å². The van der Waals surface area contributed by atoms with Gasteiger partial charge in [-0.2, -0.15) is 0 Å². The summed E-state index contributed by atoms with van der Waals surface area (Å²) in [6.45, 7) is 3.41. The number of carbonyl (C=O) groups excluding carboxylic acids is 1. The predicted octanol–water partition coefficient (Wildman–Crippen LogP) is 1.42. The van der Waals surface area contributed by atoms with Crippen molar-refractivity contribution in [1.82, 2.24) is 4.98 Å². The minimum atomic E-state index is -0.535. The number of carbonyl (C=O) groups is 1. The minimum Gasteiger partial charge on any atom is -0.441 e. The SMILES string of the molecule is Cc1nc2ccc(NC(=O)C(C)N)cc2o1. The molecule has 5 nitrogen and oxygen atoms in total. The molecule has 1 heterocycles. The average Bonchev–Trinajstić information content (AvgIpc) is 2.57. The number of hydrogen-bond donors (Lipinski definition) is 2. The molecule has 1 amide bonds. The van der Waals surface area contributed by atoms with Gasteiger partial charge in [-0.1, -0.05) is 0 Å². The molecular formula is C11H13N3O2. The highest BCUT2D eigenvalue weighted by molar-refractivity contribution is 5.95. The zero-order valence-electron chi connectivity index (χ0n) is 9.15. The highest BCUT2D eigenvalue weighted by Crippen LogP contribution is 2.19. The Morgan fingerprint density at radius 3 is 3.00 bits per heavy atom. The normalized spacial score (nSPS) is 12.7. The Morgan fingerprint density at radius 1 is 1.56 bits per heavy atom. The van der Waals surface area contributed by atoms with Gasteiger partial charge in [-0.15, -0.1) is 0 Å². The number of nitrogens with zero attached hydrogens (tertiary/aromatic N) is 1. The standard InChI is InChI=1S/C11H13N3O2/c1-6(12)11(15)14-8-3-4-9-10(5-8)16-7(2)13-9/h3-6H,12H2,1-2H3,(H,14,15). The van der Waals surface area contributed by atoms with Crippen LogP contribution in [-0.2, 0) is 4.79 Å². The molecule has 0 saturated carbocycles. The van der Waals surface area contributed by atoms with Gasteiger partial charge in [0.1, 0.15) is 5.52 Å². The van der Waals surface area contributed by atoms with E-state index in [0.29, 0.717) is 17.2 Å². The van der Waals surface area contributed by atoms with E-state index in [1.807, 2.05) is 0 Å². The summed E-state index contributed by atoms with van der Waals surface area (Å²) in [6, 6.07) is 4.76. The van der Waals surface area contributed by atoms with E-state index >= 15 is 0 Å². The van der Waals surface area contributed by atoms with Crippen molar-refractivity contribution in [3.63, 3.8) is 0 Å². The van der Waals surface area contributed by atoms with Crippen molar-refractivity contribution in [1.29, 1.82) is 0 Å². The van der Waals surface area contributed by atoms with E-state index in [0.717, 1.165) is 5.52 Å². The Morgan fingerprint density at radius 2 is 2.31 bits per heavy atom. The van der Waals surface area contributed by atoms with Crippen LogP contribution in [-0.4, -0.2) is 16.9 Å². The number of nitrogens with one attached hydrogen (secondary N) is 1. The Kier molecular flexibility index (Phi) is 2.62. The zero-order chi connectivity index (χ0) is 11.7. The first-order valence-corrected chi connectivity index (χ1v) is 5.00. The lowest BCUT2D eigenvalue weighted by molar-refractivity contribution is -0.117. The number of amides is 1. The largest absolute Gasteiger partial charge is 0.441 e. The molecule has 0 fully saturated rings. The van der Waals surface area contributed by atoms with E-state index in [9.17, 15) is 4.79 Å². The summed E-state index contributed by atoms with van der Waals surface area (Å²) < 4.78 is 5.36. The molecule has 2 rings (SSSR count). The lowest BCUT2D eigenvalue weighted by Gasteiger charge is -2.06. The van der Waals surface area contributed by atoms with Crippen LogP contribution in [0.25, 0.3) is 11.1 Å². The molecule has 1 atom stereocenters. The van der Waals surface area contributed by atoms with Gasteiger partial charge in [0.15, 0.2) is 11.5 Å². The molecule has 0 spiro atoms. The number of nitrogens with two attached hydrogens (primary N) is 1. The molecule has 0 saturated heterocycles. The molecule has 0 bridgehead atoms. The maximum atomic E-state index is 11.4. The van der Waals surface area contributed by atoms with Crippen LogP contribution in [0.15, 0.2) is 22.6 Å². The van der Waals surface area contributed by atoms with Crippen molar-refractivity contribution in [2.45, 2.75) is 19.9 Å². The summed E-state index contributed by atoms with van der Waals surface area (Å²) in [5.74, 6) is 0.376. The second-order valence-corrected chi connectivity index (χ2v) is 3.69. The van der Waals surface area contributed by atoms with Crippen molar-refractivity contribution in [3.8, 4) is 0 Å². The average molecular weight is 219 g/mol. The lowest BCUT2D eigenvalue weighted by atomic mass is 10.2. The Hall–Kier alpha value is -1.88. The second-order valence-electron chi connectivity index (χ2n) is 3.69. The molecule has 0 radical (unpaired) electrons. The molecule has 3 N–H and O–H groups in total. The first-order valence-electron chi connectivity index (χ1n) is 5.00. The number of fused-ring (bicyclic) bond motifs is 1. The molecule has 0 aliphatic heterocycles. The molecule has 84 valence electrons. The molecule has 16 heavy (non-hydrogen) atoms. The van der Waals surface area contributed by atoms with E-state index in [-0.39, 0.29) is 5.91 Å². The van der Waals surface area contributed by atoms with Gasteiger partial charge in [-0.05, 0) is 19.1 Å². The number of oxazole rings is 1. The summed E-state index contributed by atoms with van der Waals surface area (Å²) in [4.78, 5) is 15.5. The highest BCUT2D eigenvalue weighted by Gasteiger charge is 2.09. The predicted molar refractivity (Wildman–Crippen MR) is 61.0 cm³/mol. The van der Waals surface area contributed by atoms with Gasteiger partial charge in [0.05, 0.1) is 6.04 Å². The van der Waals surface area contributed by atoms with E-state index in [4.69, 9.17) is 10.2 Å². The lowest BCUT2D eigenvalue weighted by Crippen LogP contribution is -2.32. The van der Waals surface area contributed by atoms with Gasteiger partial charge in [0.2, 0.25) is 5.91 Å². The number of aromatic nitrogens is 1. The summed E-state index contributed by atoms with van der Waals surface area (Å²) in [5.41, 5.74) is 7.54. The maximum absolute atomic E-state index is 11.4. The van der Waals surface area contributed by atoms with E-state index < -0.39 is 6.04 Å². The van der Waals surface area contributed by atoms with Crippen LogP contribution in [0.1, 0.15) is 12.8 Å². The van der Waals surface area contributed by atoms with Crippen LogP contribution in [0.5, 0.6) is 0 Å². The Bertz CT molecular complexity index is 531. The van der Waals surface area contributed by atoms with Crippen molar-refractivity contribution in [3.05, 3.63) is 24.1 Å². The number of aryl methyl sites for hydroxylation is 1. The smallest absolute Gasteiger partial charge is 0.241 e. The Balaban J connectivity index is 2.29. The molecular weight excluding hydrogens is 206 g/mol. The van der Waals surface area contributed by atoms with Crippen LogP contribution in [0.3, 0.4) is 0 Å². The van der Waals surface area contributed by atoms with Gasteiger partial charge < -0.3 is 15.5 Å². The third-order valence-corrected chi connectivity index (χ3v) is 2.18. The van der Waals surface area contributed by atoms with E-state index in [2.05, 4.69) is 10.3 Å². The van der Waals surface area contributed by atoms with Crippen LogP contribution in [0, 0.1) is 6.92 Å². The topological polar surface area (TPSA) is 81.2 Å². The molecule has 2 aromatic rings. The number of benzene rings is 1. The first-order chi connectivity index (χ1) is 7.56. The van der Waals surface area contributed by atoms with Crippen molar-refractivity contribution in [2.24, 2.45) is 5.73 Å². The molecule has 1 unspecified atom stereocenters. The second kappa shape index (κ2) is 3.94. The molecule has 1 aromatic heterocycles. The third-order valence-electron chi connectivity index (χ3n) is 2.18. The van der Waals surface area contributed by atoms with Gasteiger partial charge >= 0.3 is 0 Å². The minimum absolute atomic E-state index is 0.226. The van der Waals surface area contributed by atoms with E-state index in [1.54, 1.807) is 32.0 Å². The summed E-state index contributed by atoms with van der Waals surface area (Å²) in [5, 5.41) is 2.69. The monoisotopic (exact) mass is 219 g/mol. The highest BCUT2D eigenvalue weighted by atomic mass is 16.3. The van der Waals surface area contributed by atoms with Crippen LogP contribution in [0.2, 0.25) is 0 Å². The summed E-state index contributed by atoms with van der Waals surface area (Å²) >= 11 is 0. The number of rotatable bonds is 2. The zero-order valence-corrected chi connectivity index (χ0v) is 9.15. The molecule has 1 aromatic carbocycles. The fourth-order valence-corrected chi connectivity index (χ4v) is 1.37. The van der Waals surface area contributed by atoms with Crippen molar-refractivity contribution >= 4 is 22.7 Å². The quantitative estimate of drug-likeness (QED) is 0.800. The van der Waals surface area contributed by atoms with Crippen molar-refractivity contribution < 1.29 is 9.21 Å². The first kappa shape index (κ1) is 10.6. The fourth-order valence-electron chi connectivity index (χ4n) is 1.37. The number of anilines is 1. The molecule has 0 aliphatic rings.